The second-order valence-electron chi connectivity index (χ2n) is 11.9. The predicted molar refractivity (Wildman–Crippen MR) is 142 cm³/mol. The number of quaternary nitrogens is 2. The van der Waals surface area contributed by atoms with E-state index in [1.54, 1.807) is 0 Å². The number of rotatable bonds is 11. The zero-order valence-electron chi connectivity index (χ0n) is 22.5. The highest BCUT2D eigenvalue weighted by molar-refractivity contribution is 5.82. The molecule has 0 aliphatic heterocycles. The molecule has 3 rings (SSSR count). The third kappa shape index (κ3) is 6.80. The van der Waals surface area contributed by atoms with Gasteiger partial charge in [0.25, 0.3) is 0 Å². The number of nitrogens with zero attached hydrogens (tertiary/aromatic N) is 5. The zero-order valence-corrected chi connectivity index (χ0v) is 22.5. The molecule has 0 heterocycles. The van der Waals surface area contributed by atoms with Crippen LogP contribution in [0, 0.1) is 5.41 Å². The Hall–Kier alpha value is -3.59. The number of benzene rings is 2. The molecule has 2 aromatic rings. The van der Waals surface area contributed by atoms with Crippen molar-refractivity contribution in [3.05, 3.63) is 70.1 Å². The van der Waals surface area contributed by atoms with Crippen LogP contribution in [0.3, 0.4) is 0 Å². The summed E-state index contributed by atoms with van der Waals surface area (Å²) >= 11 is 0. The summed E-state index contributed by atoms with van der Waals surface area (Å²) in [5.41, 5.74) is 12.4. The molecule has 0 bridgehead atoms. The van der Waals surface area contributed by atoms with Gasteiger partial charge in [-0.1, -0.05) is 53.6 Å². The number of aliphatic carboxylic acids is 1. The lowest BCUT2D eigenvalue weighted by Gasteiger charge is -2.44. The molecule has 0 unspecified atom stereocenters. The standard InChI is InChI=1S/C27H36N6O4/c1-32(2,3)17-27(16-29-31-28,18-33(4,5)6)24(25(34)35)30-26(36)37-15-23-21-13-9-7-11-19(21)20-12-8-10-14-22(20)23/h7-14,23-24H,15-18H2,1-6H3/p+2/t24-/m0/s1. The van der Waals surface area contributed by atoms with Crippen LogP contribution < -0.4 is 5.32 Å². The van der Waals surface area contributed by atoms with Gasteiger partial charge in [-0.3, -0.25) is 0 Å². The fourth-order valence-electron chi connectivity index (χ4n) is 5.72. The minimum absolute atomic E-state index is 0.0697. The van der Waals surface area contributed by atoms with Crippen LogP contribution in [0.15, 0.2) is 53.6 Å². The first kappa shape index (κ1) is 28.0. The summed E-state index contributed by atoms with van der Waals surface area (Å²) in [6, 6.07) is 14.7. The lowest BCUT2D eigenvalue weighted by Crippen LogP contribution is -2.65. The molecule has 2 N–H and O–H groups in total. The van der Waals surface area contributed by atoms with E-state index in [1.165, 1.54) is 0 Å². The molecule has 1 amide bonds. The van der Waals surface area contributed by atoms with Gasteiger partial charge in [-0.05, 0) is 27.8 Å². The van der Waals surface area contributed by atoms with Crippen LogP contribution in [-0.4, -0.2) is 101 Å². The van der Waals surface area contributed by atoms with Crippen molar-refractivity contribution in [3.8, 4) is 11.1 Å². The van der Waals surface area contributed by atoms with E-state index in [4.69, 9.17) is 10.3 Å². The average molecular weight is 511 g/mol. The van der Waals surface area contributed by atoms with Crippen molar-refractivity contribution in [1.29, 1.82) is 0 Å². The van der Waals surface area contributed by atoms with Crippen LogP contribution >= 0.6 is 0 Å². The van der Waals surface area contributed by atoms with E-state index in [-0.39, 0.29) is 19.1 Å². The second kappa shape index (κ2) is 10.8. The molecule has 0 aromatic heterocycles. The van der Waals surface area contributed by atoms with Gasteiger partial charge in [0, 0.05) is 17.4 Å². The Kier molecular flexibility index (Phi) is 8.17. The highest BCUT2D eigenvalue weighted by Crippen LogP contribution is 2.44. The smallest absolute Gasteiger partial charge is 0.407 e. The summed E-state index contributed by atoms with van der Waals surface area (Å²) in [5, 5.41) is 16.7. The molecule has 1 aliphatic carbocycles. The van der Waals surface area contributed by atoms with Crippen molar-refractivity contribution in [3.63, 3.8) is 0 Å². The zero-order chi connectivity index (χ0) is 27.4. The minimum atomic E-state index is -1.33. The largest absolute Gasteiger partial charge is 0.480 e. The number of hydrogen-bond donors (Lipinski definition) is 2. The molecule has 1 aliphatic rings. The van der Waals surface area contributed by atoms with E-state index in [0.29, 0.717) is 22.1 Å². The van der Waals surface area contributed by atoms with Crippen molar-refractivity contribution >= 4 is 12.1 Å². The third-order valence-electron chi connectivity index (χ3n) is 6.49. The maximum atomic E-state index is 13.1. The Morgan fingerprint density at radius 2 is 1.49 bits per heavy atom. The molecule has 37 heavy (non-hydrogen) atoms. The number of carbonyl (C=O) groups is 2. The number of azide groups is 1. The molecule has 10 nitrogen and oxygen atoms in total. The molecule has 0 spiro atoms. The number of carbonyl (C=O) groups excluding carboxylic acids is 1. The fraction of sp³-hybridized carbons (Fsp3) is 0.481. The first-order valence-corrected chi connectivity index (χ1v) is 12.2. The molecule has 0 fully saturated rings. The van der Waals surface area contributed by atoms with E-state index >= 15 is 0 Å². The highest BCUT2D eigenvalue weighted by atomic mass is 16.5. The maximum Gasteiger partial charge on any atom is 0.407 e. The summed E-state index contributed by atoms with van der Waals surface area (Å²) in [7, 11) is 11.6. The number of fused-ring (bicyclic) bond motifs is 3. The number of nitrogens with one attached hydrogen (secondary N) is 1. The van der Waals surface area contributed by atoms with E-state index in [0.717, 1.165) is 22.3 Å². The van der Waals surface area contributed by atoms with Crippen molar-refractivity contribution in [2.24, 2.45) is 10.5 Å². The summed E-state index contributed by atoms with van der Waals surface area (Å²) in [6.45, 7) is 0.680. The fourth-order valence-corrected chi connectivity index (χ4v) is 5.72. The molecule has 1 atom stereocenters. The van der Waals surface area contributed by atoms with Gasteiger partial charge in [0.05, 0.1) is 55.4 Å². The molecule has 198 valence electrons. The van der Waals surface area contributed by atoms with E-state index < -0.39 is 23.5 Å². The lowest BCUT2D eigenvalue weighted by molar-refractivity contribution is -0.902. The molecular weight excluding hydrogens is 472 g/mol. The van der Waals surface area contributed by atoms with Gasteiger partial charge in [-0.25, -0.2) is 9.59 Å². The molecule has 0 saturated carbocycles. The number of amides is 1. The SMILES string of the molecule is C[N+](C)(C)CC(CN=[N+]=[N-])(C[N+](C)(C)C)[C@@H](NC(=O)OCC1c2ccccc2-c2ccccc21)C(=O)O. The van der Waals surface area contributed by atoms with Crippen molar-refractivity contribution in [2.45, 2.75) is 12.0 Å². The summed E-state index contributed by atoms with van der Waals surface area (Å²) in [5.74, 6) is -1.35. The van der Waals surface area contributed by atoms with Gasteiger partial charge in [-0.15, -0.1) is 0 Å². The minimum Gasteiger partial charge on any atom is -0.480 e. The van der Waals surface area contributed by atoms with E-state index in [9.17, 15) is 14.7 Å². The predicted octanol–water partition coefficient (Wildman–Crippen LogP) is 3.69. The van der Waals surface area contributed by atoms with Gasteiger partial charge < -0.3 is 24.1 Å². The van der Waals surface area contributed by atoms with Crippen molar-refractivity contribution in [1.82, 2.24) is 5.32 Å². The van der Waals surface area contributed by atoms with Gasteiger partial charge in [0.15, 0.2) is 0 Å². The molecule has 0 saturated heterocycles. The van der Waals surface area contributed by atoms with Gasteiger partial charge in [0.1, 0.15) is 18.1 Å². The van der Waals surface area contributed by atoms with Crippen molar-refractivity contribution in [2.75, 3.05) is 68.5 Å². The Labute approximate surface area is 218 Å². The molecule has 10 heteroatoms. The van der Waals surface area contributed by atoms with E-state index in [2.05, 4.69) is 15.3 Å². The van der Waals surface area contributed by atoms with Crippen molar-refractivity contribution < 1.29 is 28.4 Å². The Morgan fingerprint density at radius 3 is 1.92 bits per heavy atom. The third-order valence-corrected chi connectivity index (χ3v) is 6.49. The number of ether oxygens (including phenoxy) is 1. The van der Waals surface area contributed by atoms with Gasteiger partial charge in [0.2, 0.25) is 0 Å². The normalized spacial score (nSPS) is 14.2. The number of alkyl carbamates (subject to hydrolysis) is 1. The Morgan fingerprint density at radius 1 is 1.00 bits per heavy atom. The van der Waals surface area contributed by atoms with Gasteiger partial charge in [-0.2, -0.15) is 0 Å². The first-order valence-electron chi connectivity index (χ1n) is 12.2. The number of hydrogen-bond acceptors (Lipinski definition) is 4. The molecule has 2 aromatic carbocycles. The quantitative estimate of drug-likeness (QED) is 0.207. The van der Waals surface area contributed by atoms with Crippen LogP contribution in [-0.2, 0) is 9.53 Å². The van der Waals surface area contributed by atoms with Crippen LogP contribution in [0.2, 0.25) is 0 Å². The molecular formula is C27H38N6O4+2. The number of carboxylic acids is 1. The second-order valence-corrected chi connectivity index (χ2v) is 11.9. The summed E-state index contributed by atoms with van der Waals surface area (Å²) in [6.07, 6.45) is -0.817. The van der Waals surface area contributed by atoms with Crippen LogP contribution in [0.1, 0.15) is 17.0 Å². The van der Waals surface area contributed by atoms with E-state index in [1.807, 2.05) is 90.8 Å². The van der Waals surface area contributed by atoms with Crippen LogP contribution in [0.5, 0.6) is 0 Å². The Balaban J connectivity index is 1.87. The maximum absolute atomic E-state index is 13.1. The average Bonchev–Trinajstić information content (AvgIpc) is 3.11. The highest BCUT2D eigenvalue weighted by Gasteiger charge is 2.51. The lowest BCUT2D eigenvalue weighted by atomic mass is 9.77. The summed E-state index contributed by atoms with van der Waals surface area (Å²) in [4.78, 5) is 28.6. The number of carboxylic acid groups (broad SMARTS) is 1. The first-order chi connectivity index (χ1) is 17.3. The molecule has 0 radical (unpaired) electrons. The topological polar surface area (TPSA) is 124 Å². The van der Waals surface area contributed by atoms with Gasteiger partial charge >= 0.3 is 12.1 Å². The van der Waals surface area contributed by atoms with Crippen LogP contribution in [0.4, 0.5) is 4.79 Å². The Bertz CT molecular complexity index is 1130. The summed E-state index contributed by atoms with van der Waals surface area (Å²) < 4.78 is 6.48. The van der Waals surface area contributed by atoms with Crippen LogP contribution in [0.25, 0.3) is 21.6 Å². The monoisotopic (exact) mass is 510 g/mol.